The molecule has 0 aliphatic carbocycles. The minimum absolute atomic E-state index is 0.0830. The topological polar surface area (TPSA) is 125 Å². The predicted octanol–water partition coefficient (Wildman–Crippen LogP) is 1.97. The number of furan rings is 1. The van der Waals surface area contributed by atoms with Crippen LogP contribution in [-0.4, -0.2) is 31.1 Å². The van der Waals surface area contributed by atoms with Crippen molar-refractivity contribution in [3.8, 4) is 11.7 Å². The molecule has 0 unspecified atom stereocenters. The van der Waals surface area contributed by atoms with Crippen LogP contribution in [-0.2, 0) is 26.2 Å². The molecule has 0 radical (unpaired) electrons. The molecule has 0 atom stereocenters. The molecule has 0 aliphatic heterocycles. The number of carbonyl (C=O) groups is 1. The number of ether oxygens (including phenoxy) is 1. The van der Waals surface area contributed by atoms with Crippen molar-refractivity contribution in [2.24, 2.45) is 0 Å². The van der Waals surface area contributed by atoms with Crippen molar-refractivity contribution < 1.29 is 26.9 Å². The van der Waals surface area contributed by atoms with Crippen molar-refractivity contribution in [3.05, 3.63) is 53.5 Å². The first-order valence-corrected chi connectivity index (χ1v) is 9.42. The Hall–Kier alpha value is -2.98. The minimum atomic E-state index is -3.82. The average Bonchev–Trinajstić information content (AvgIpc) is 3.31. The molecule has 3 rings (SSSR count). The van der Waals surface area contributed by atoms with Crippen molar-refractivity contribution in [2.75, 3.05) is 6.54 Å². The zero-order valence-electron chi connectivity index (χ0n) is 14.6. The van der Waals surface area contributed by atoms with Gasteiger partial charge < -0.3 is 13.7 Å². The zero-order valence-corrected chi connectivity index (χ0v) is 15.4. The summed E-state index contributed by atoms with van der Waals surface area (Å²) >= 11 is 0. The molecule has 27 heavy (non-hydrogen) atoms. The molecule has 0 saturated carbocycles. The average molecular weight is 391 g/mol. The lowest BCUT2D eigenvalue weighted by molar-refractivity contribution is -0.143. The van der Waals surface area contributed by atoms with Gasteiger partial charge in [-0.2, -0.15) is 9.71 Å². The Morgan fingerprint density at radius 2 is 2.04 bits per heavy atom. The van der Waals surface area contributed by atoms with Crippen LogP contribution in [0.2, 0.25) is 0 Å². The molecule has 2 aromatic heterocycles. The van der Waals surface area contributed by atoms with E-state index < -0.39 is 22.5 Å². The van der Waals surface area contributed by atoms with E-state index >= 15 is 0 Å². The molecule has 0 saturated heterocycles. The molecular weight excluding hydrogens is 374 g/mol. The SMILES string of the molecule is Cc1ccc(S(=O)(=O)NCC(=O)OCc2noc(-c3ccco3)n2)cc1C. The summed E-state index contributed by atoms with van der Waals surface area (Å²) in [5.41, 5.74) is 1.81. The van der Waals surface area contributed by atoms with Gasteiger partial charge in [0.15, 0.2) is 12.4 Å². The molecule has 142 valence electrons. The Morgan fingerprint density at radius 3 is 2.74 bits per heavy atom. The number of rotatable bonds is 7. The third-order valence-corrected chi connectivity index (χ3v) is 5.16. The Bertz CT molecular complexity index is 1040. The van der Waals surface area contributed by atoms with Gasteiger partial charge in [-0.05, 0) is 49.2 Å². The van der Waals surface area contributed by atoms with Crippen LogP contribution < -0.4 is 4.72 Å². The lowest BCUT2D eigenvalue weighted by Gasteiger charge is -2.08. The van der Waals surface area contributed by atoms with Gasteiger partial charge in [-0.25, -0.2) is 8.42 Å². The third-order valence-electron chi connectivity index (χ3n) is 3.76. The van der Waals surface area contributed by atoms with Crippen LogP contribution >= 0.6 is 0 Å². The molecule has 9 nitrogen and oxygen atoms in total. The van der Waals surface area contributed by atoms with E-state index in [1.165, 1.54) is 12.3 Å². The molecular formula is C17H17N3O6S. The van der Waals surface area contributed by atoms with Gasteiger partial charge in [-0.15, -0.1) is 0 Å². The number of nitrogens with zero attached hydrogens (tertiary/aromatic N) is 2. The summed E-state index contributed by atoms with van der Waals surface area (Å²) in [4.78, 5) is 15.9. The molecule has 1 aromatic carbocycles. The summed E-state index contributed by atoms with van der Waals surface area (Å²) in [7, 11) is -3.82. The van der Waals surface area contributed by atoms with E-state index in [1.807, 2.05) is 13.8 Å². The highest BCUT2D eigenvalue weighted by Gasteiger charge is 2.18. The largest absolute Gasteiger partial charge is 0.459 e. The van der Waals surface area contributed by atoms with Gasteiger partial charge in [0.1, 0.15) is 6.54 Å². The maximum Gasteiger partial charge on any atom is 0.321 e. The number of hydrogen-bond acceptors (Lipinski definition) is 8. The van der Waals surface area contributed by atoms with Crippen molar-refractivity contribution in [1.82, 2.24) is 14.9 Å². The lowest BCUT2D eigenvalue weighted by atomic mass is 10.1. The highest BCUT2D eigenvalue weighted by molar-refractivity contribution is 7.89. The normalized spacial score (nSPS) is 11.5. The standard InChI is InChI=1S/C17H17N3O6S/c1-11-5-6-13(8-12(11)2)27(22,23)18-9-16(21)25-10-15-19-17(26-20-15)14-4-3-7-24-14/h3-8,18H,9-10H2,1-2H3. The van der Waals surface area contributed by atoms with Gasteiger partial charge in [-0.1, -0.05) is 11.2 Å². The van der Waals surface area contributed by atoms with Gasteiger partial charge in [0, 0.05) is 0 Å². The molecule has 3 aromatic rings. The molecule has 1 N–H and O–H groups in total. The van der Waals surface area contributed by atoms with Crippen LogP contribution in [0.5, 0.6) is 0 Å². The summed E-state index contributed by atoms with van der Waals surface area (Å²) < 4.78 is 41.7. The summed E-state index contributed by atoms with van der Waals surface area (Å²) in [6.07, 6.45) is 1.46. The maximum atomic E-state index is 12.2. The first-order chi connectivity index (χ1) is 12.8. The number of sulfonamides is 1. The van der Waals surface area contributed by atoms with E-state index in [1.54, 1.807) is 24.3 Å². The van der Waals surface area contributed by atoms with Gasteiger partial charge in [0.25, 0.3) is 5.89 Å². The second kappa shape index (κ2) is 7.72. The van der Waals surface area contributed by atoms with Crippen LogP contribution in [0, 0.1) is 13.8 Å². The number of nitrogens with one attached hydrogen (secondary N) is 1. The smallest absolute Gasteiger partial charge is 0.321 e. The number of aryl methyl sites for hydroxylation is 2. The number of aromatic nitrogens is 2. The maximum absolute atomic E-state index is 12.2. The summed E-state index contributed by atoms with van der Waals surface area (Å²) in [5, 5.41) is 3.66. The Kier molecular flexibility index (Phi) is 5.38. The first-order valence-electron chi connectivity index (χ1n) is 7.94. The summed E-state index contributed by atoms with van der Waals surface area (Å²) in [5.74, 6) is -0.0961. The monoisotopic (exact) mass is 391 g/mol. The Labute approximate surface area is 155 Å². The lowest BCUT2D eigenvalue weighted by Crippen LogP contribution is -2.30. The van der Waals surface area contributed by atoms with Crippen LogP contribution in [0.25, 0.3) is 11.7 Å². The third kappa shape index (κ3) is 4.60. The van der Waals surface area contributed by atoms with E-state index in [0.29, 0.717) is 5.76 Å². The van der Waals surface area contributed by atoms with Gasteiger partial charge in [0.05, 0.1) is 11.2 Å². The van der Waals surface area contributed by atoms with Crippen molar-refractivity contribution in [2.45, 2.75) is 25.3 Å². The highest BCUT2D eigenvalue weighted by Crippen LogP contribution is 2.17. The minimum Gasteiger partial charge on any atom is -0.459 e. The fourth-order valence-electron chi connectivity index (χ4n) is 2.13. The fraction of sp³-hybridized carbons (Fsp3) is 0.235. The zero-order chi connectivity index (χ0) is 19.4. The predicted molar refractivity (Wildman–Crippen MR) is 92.9 cm³/mol. The Balaban J connectivity index is 1.53. The summed E-state index contributed by atoms with van der Waals surface area (Å²) in [6, 6.07) is 8.03. The van der Waals surface area contributed by atoms with Crippen LogP contribution in [0.4, 0.5) is 0 Å². The van der Waals surface area contributed by atoms with Crippen molar-refractivity contribution in [1.29, 1.82) is 0 Å². The van der Waals surface area contributed by atoms with Crippen molar-refractivity contribution >= 4 is 16.0 Å². The number of esters is 1. The molecule has 2 heterocycles. The van der Waals surface area contributed by atoms with Gasteiger partial charge in [0.2, 0.25) is 15.8 Å². The highest BCUT2D eigenvalue weighted by atomic mass is 32.2. The van der Waals surface area contributed by atoms with E-state index in [2.05, 4.69) is 14.9 Å². The summed E-state index contributed by atoms with van der Waals surface area (Å²) in [6.45, 7) is 2.92. The van der Waals surface area contributed by atoms with Crippen LogP contribution in [0.3, 0.4) is 0 Å². The molecule has 0 aliphatic rings. The molecule has 0 fully saturated rings. The van der Waals surface area contributed by atoms with E-state index in [-0.39, 0.29) is 23.2 Å². The number of benzene rings is 1. The van der Waals surface area contributed by atoms with E-state index in [9.17, 15) is 13.2 Å². The van der Waals surface area contributed by atoms with Crippen molar-refractivity contribution in [3.63, 3.8) is 0 Å². The molecule has 10 heteroatoms. The fourth-order valence-corrected chi connectivity index (χ4v) is 3.18. The second-order valence-corrected chi connectivity index (χ2v) is 7.49. The van der Waals surface area contributed by atoms with Crippen LogP contribution in [0.1, 0.15) is 17.0 Å². The second-order valence-electron chi connectivity index (χ2n) is 5.72. The Morgan fingerprint density at radius 1 is 1.22 bits per heavy atom. The van der Waals surface area contributed by atoms with Gasteiger partial charge in [-0.3, -0.25) is 4.79 Å². The van der Waals surface area contributed by atoms with E-state index in [4.69, 9.17) is 13.7 Å². The molecule has 0 bridgehead atoms. The number of hydrogen-bond donors (Lipinski definition) is 1. The molecule has 0 spiro atoms. The quantitative estimate of drug-likeness (QED) is 0.606. The molecule has 0 amide bonds. The van der Waals surface area contributed by atoms with E-state index in [0.717, 1.165) is 11.1 Å². The van der Waals surface area contributed by atoms with Crippen LogP contribution in [0.15, 0.2) is 50.4 Å². The first kappa shape index (κ1) is 18.8. The number of carbonyl (C=O) groups excluding carboxylic acids is 1. The van der Waals surface area contributed by atoms with Gasteiger partial charge >= 0.3 is 5.97 Å².